The van der Waals surface area contributed by atoms with E-state index >= 15 is 0 Å². The lowest BCUT2D eigenvalue weighted by Gasteiger charge is -2.13. The molecular weight excluding hydrogens is 508 g/mol. The molecule has 0 unspecified atom stereocenters. The van der Waals surface area contributed by atoms with Crippen molar-refractivity contribution in [3.63, 3.8) is 0 Å². The van der Waals surface area contributed by atoms with Crippen LogP contribution < -0.4 is 0 Å². The maximum atomic E-state index is 5.17. The Hall–Kier alpha value is -5.60. The zero-order chi connectivity index (χ0) is 27.9. The number of nitrogens with zero attached hydrogens (tertiary/aromatic N) is 2. The summed E-state index contributed by atoms with van der Waals surface area (Å²) in [5.74, 6) is 0.718. The third-order valence-corrected chi connectivity index (χ3v) is 8.06. The van der Waals surface area contributed by atoms with Crippen molar-refractivity contribution in [1.82, 2.24) is 9.97 Å². The van der Waals surface area contributed by atoms with Gasteiger partial charge in [0.15, 0.2) is 5.82 Å². The molecule has 7 aromatic carbocycles. The minimum Gasteiger partial charge on any atom is -0.228 e. The number of hydrogen-bond acceptors (Lipinski definition) is 2. The number of rotatable bonds is 4. The van der Waals surface area contributed by atoms with Gasteiger partial charge in [-0.1, -0.05) is 140 Å². The highest BCUT2D eigenvalue weighted by Crippen LogP contribution is 2.37. The number of hydrogen-bond donors (Lipinski definition) is 0. The average molecular weight is 535 g/mol. The van der Waals surface area contributed by atoms with Gasteiger partial charge in [-0.25, -0.2) is 9.97 Å². The lowest BCUT2D eigenvalue weighted by Crippen LogP contribution is -1.96. The van der Waals surface area contributed by atoms with Crippen molar-refractivity contribution in [2.24, 2.45) is 0 Å². The molecule has 0 saturated carbocycles. The highest BCUT2D eigenvalue weighted by Gasteiger charge is 2.14. The van der Waals surface area contributed by atoms with Crippen LogP contribution in [-0.2, 0) is 0 Å². The van der Waals surface area contributed by atoms with Crippen molar-refractivity contribution in [3.8, 4) is 45.0 Å². The van der Waals surface area contributed by atoms with Crippen LogP contribution in [0, 0.1) is 0 Å². The van der Waals surface area contributed by atoms with Crippen molar-refractivity contribution in [3.05, 3.63) is 158 Å². The molecule has 0 fully saturated rings. The molecule has 0 aliphatic carbocycles. The molecule has 0 aliphatic rings. The second-order valence-electron chi connectivity index (χ2n) is 10.6. The Kier molecular flexibility index (Phi) is 5.82. The molecule has 0 spiro atoms. The summed E-state index contributed by atoms with van der Waals surface area (Å²) in [5.41, 5.74) is 7.29. The summed E-state index contributed by atoms with van der Waals surface area (Å²) in [6.07, 6.45) is 0. The normalized spacial score (nSPS) is 11.3. The predicted octanol–water partition coefficient (Wildman–Crippen LogP) is 10.6. The number of aromatic nitrogens is 2. The Morgan fingerprint density at radius 2 is 0.738 bits per heavy atom. The second kappa shape index (κ2) is 10.1. The smallest absolute Gasteiger partial charge is 0.160 e. The molecule has 0 N–H and O–H groups in total. The molecule has 0 atom stereocenters. The Bertz CT molecular complexity index is 2200. The van der Waals surface area contributed by atoms with Crippen LogP contribution in [0.1, 0.15) is 0 Å². The maximum Gasteiger partial charge on any atom is 0.160 e. The summed E-state index contributed by atoms with van der Waals surface area (Å²) in [4.78, 5) is 10.3. The van der Waals surface area contributed by atoms with Crippen molar-refractivity contribution >= 4 is 32.3 Å². The minimum atomic E-state index is 0.718. The van der Waals surface area contributed by atoms with Crippen molar-refractivity contribution in [2.45, 2.75) is 0 Å². The second-order valence-corrected chi connectivity index (χ2v) is 10.6. The Labute approximate surface area is 244 Å². The molecule has 2 nitrogen and oxygen atoms in total. The van der Waals surface area contributed by atoms with Crippen LogP contribution in [0.25, 0.3) is 77.3 Å². The average Bonchev–Trinajstić information content (AvgIpc) is 3.09. The number of fused-ring (bicyclic) bond motifs is 6. The van der Waals surface area contributed by atoms with Crippen LogP contribution in [0.2, 0.25) is 0 Å². The fourth-order valence-electron chi connectivity index (χ4n) is 6.02. The Morgan fingerprint density at radius 3 is 1.38 bits per heavy atom. The summed E-state index contributed by atoms with van der Waals surface area (Å²) in [7, 11) is 0. The van der Waals surface area contributed by atoms with E-state index in [1.54, 1.807) is 0 Å². The molecule has 0 saturated heterocycles. The molecule has 0 radical (unpaired) electrons. The first-order valence-corrected chi connectivity index (χ1v) is 14.3. The quantitative estimate of drug-likeness (QED) is 0.210. The van der Waals surface area contributed by atoms with Gasteiger partial charge in [0.05, 0.1) is 11.4 Å². The lowest BCUT2D eigenvalue weighted by molar-refractivity contribution is 1.18. The van der Waals surface area contributed by atoms with Crippen LogP contribution in [0.4, 0.5) is 0 Å². The first-order chi connectivity index (χ1) is 20.8. The standard InChI is InChI=1S/C40H26N2/c1-3-12-27(13-4-1)29-16-11-17-30(24-29)39-26-38(28-14-5-2-6-15-28)41-40(42-39)31-22-23-36-34-20-8-7-18-32(34)33-19-9-10-21-35(33)37(36)25-31/h1-26H. The van der Waals surface area contributed by atoms with E-state index in [9.17, 15) is 0 Å². The van der Waals surface area contributed by atoms with Gasteiger partial charge in [-0.15, -0.1) is 0 Å². The van der Waals surface area contributed by atoms with Gasteiger partial charge in [0.25, 0.3) is 0 Å². The zero-order valence-corrected chi connectivity index (χ0v) is 22.9. The van der Waals surface area contributed by atoms with Gasteiger partial charge in [-0.2, -0.15) is 0 Å². The molecular formula is C40H26N2. The third-order valence-electron chi connectivity index (χ3n) is 8.06. The van der Waals surface area contributed by atoms with Crippen LogP contribution in [0.3, 0.4) is 0 Å². The van der Waals surface area contributed by atoms with Crippen molar-refractivity contribution < 1.29 is 0 Å². The molecule has 196 valence electrons. The molecule has 0 bridgehead atoms. The van der Waals surface area contributed by atoms with E-state index in [1.165, 1.54) is 43.4 Å². The first-order valence-electron chi connectivity index (χ1n) is 14.3. The molecule has 1 aromatic heterocycles. The largest absolute Gasteiger partial charge is 0.228 e. The van der Waals surface area contributed by atoms with Crippen LogP contribution in [-0.4, -0.2) is 9.97 Å². The van der Waals surface area contributed by atoms with Gasteiger partial charge in [-0.05, 0) is 61.6 Å². The maximum absolute atomic E-state index is 5.17. The van der Waals surface area contributed by atoms with E-state index in [0.717, 1.165) is 33.9 Å². The SMILES string of the molecule is c1ccc(-c2cccc(-c3cc(-c4ccccc4)nc(-c4ccc5c6ccccc6c6ccccc6c5c4)n3)c2)cc1. The van der Waals surface area contributed by atoms with Crippen LogP contribution in [0.15, 0.2) is 158 Å². The highest BCUT2D eigenvalue weighted by atomic mass is 14.9. The van der Waals surface area contributed by atoms with Crippen molar-refractivity contribution in [2.75, 3.05) is 0 Å². The third kappa shape index (κ3) is 4.22. The molecule has 8 aromatic rings. The highest BCUT2D eigenvalue weighted by molar-refractivity contribution is 6.25. The number of benzene rings is 7. The van der Waals surface area contributed by atoms with E-state index in [0.29, 0.717) is 0 Å². The lowest BCUT2D eigenvalue weighted by atomic mass is 9.93. The van der Waals surface area contributed by atoms with Gasteiger partial charge < -0.3 is 0 Å². The first kappa shape index (κ1) is 24.2. The van der Waals surface area contributed by atoms with E-state index < -0.39 is 0 Å². The zero-order valence-electron chi connectivity index (χ0n) is 22.9. The van der Waals surface area contributed by atoms with E-state index in [1.807, 2.05) is 12.1 Å². The molecule has 0 aliphatic heterocycles. The summed E-state index contributed by atoms with van der Waals surface area (Å²) < 4.78 is 0. The van der Waals surface area contributed by atoms with Gasteiger partial charge in [0, 0.05) is 16.7 Å². The van der Waals surface area contributed by atoms with E-state index in [2.05, 4.69) is 146 Å². The summed E-state index contributed by atoms with van der Waals surface area (Å²) in [6, 6.07) is 55.5. The van der Waals surface area contributed by atoms with Crippen LogP contribution >= 0.6 is 0 Å². The Balaban J connectivity index is 1.35. The van der Waals surface area contributed by atoms with Gasteiger partial charge in [0.1, 0.15) is 0 Å². The predicted molar refractivity (Wildman–Crippen MR) is 176 cm³/mol. The van der Waals surface area contributed by atoms with E-state index in [4.69, 9.17) is 9.97 Å². The summed E-state index contributed by atoms with van der Waals surface area (Å²) in [5, 5.41) is 7.48. The fourth-order valence-corrected chi connectivity index (χ4v) is 6.02. The topological polar surface area (TPSA) is 25.8 Å². The minimum absolute atomic E-state index is 0.718. The Morgan fingerprint density at radius 1 is 0.262 bits per heavy atom. The molecule has 42 heavy (non-hydrogen) atoms. The summed E-state index contributed by atoms with van der Waals surface area (Å²) >= 11 is 0. The van der Waals surface area contributed by atoms with Gasteiger partial charge >= 0.3 is 0 Å². The van der Waals surface area contributed by atoms with Crippen LogP contribution in [0.5, 0.6) is 0 Å². The molecule has 8 rings (SSSR count). The van der Waals surface area contributed by atoms with Gasteiger partial charge in [0.2, 0.25) is 0 Å². The van der Waals surface area contributed by atoms with Gasteiger partial charge in [-0.3, -0.25) is 0 Å². The monoisotopic (exact) mass is 534 g/mol. The molecule has 1 heterocycles. The fraction of sp³-hybridized carbons (Fsp3) is 0. The molecule has 2 heteroatoms. The summed E-state index contributed by atoms with van der Waals surface area (Å²) in [6.45, 7) is 0. The van der Waals surface area contributed by atoms with Crippen molar-refractivity contribution in [1.29, 1.82) is 0 Å². The van der Waals surface area contributed by atoms with E-state index in [-0.39, 0.29) is 0 Å². The molecule has 0 amide bonds.